The van der Waals surface area contributed by atoms with Crippen LogP contribution in [0.2, 0.25) is 0 Å². The van der Waals surface area contributed by atoms with Crippen molar-refractivity contribution in [1.82, 2.24) is 24.6 Å². The van der Waals surface area contributed by atoms with Crippen molar-refractivity contribution in [2.24, 2.45) is 0 Å². The number of hydrogen-bond donors (Lipinski definition) is 1. The van der Waals surface area contributed by atoms with Gasteiger partial charge < -0.3 is 24.6 Å². The molecule has 1 aromatic carbocycles. The summed E-state index contributed by atoms with van der Waals surface area (Å²) in [6.07, 6.45) is 5.90. The highest BCUT2D eigenvalue weighted by atomic mass is 35.5. The molecule has 8 nitrogen and oxygen atoms in total. The van der Waals surface area contributed by atoms with Crippen molar-refractivity contribution < 1.29 is 14.4 Å². The largest absolute Gasteiger partial charge is 0.360 e. The van der Waals surface area contributed by atoms with Gasteiger partial charge in [0.1, 0.15) is 11.9 Å². The third-order valence-electron chi connectivity index (χ3n) is 7.49. The fourth-order valence-electron chi connectivity index (χ4n) is 5.39. The Bertz CT molecular complexity index is 1300. The number of nitrogens with zero attached hydrogens (tertiary/aromatic N) is 4. The van der Waals surface area contributed by atoms with E-state index in [1.54, 1.807) is 37.2 Å². The predicted octanol–water partition coefficient (Wildman–Crippen LogP) is 4.49. The Morgan fingerprint density at radius 3 is 2.24 bits per heavy atom. The van der Waals surface area contributed by atoms with E-state index in [0.717, 1.165) is 34.6 Å². The van der Waals surface area contributed by atoms with Crippen LogP contribution in [0.4, 0.5) is 0 Å². The number of H-pyrrole nitrogens is 1. The predicted molar refractivity (Wildman–Crippen MR) is 166 cm³/mol. The summed E-state index contributed by atoms with van der Waals surface area (Å²) >= 11 is 6.11. The third kappa shape index (κ3) is 6.93. The Balaban J connectivity index is 2.15. The number of rotatable bonds is 9. The number of nitrogens with one attached hydrogen (secondary N) is 1. The molecule has 0 radical (unpaired) electrons. The molecule has 0 fully saturated rings. The Morgan fingerprint density at radius 2 is 1.73 bits per heavy atom. The highest BCUT2D eigenvalue weighted by Gasteiger charge is 2.44. The van der Waals surface area contributed by atoms with Crippen molar-refractivity contribution in [3.05, 3.63) is 76.6 Å². The fraction of sp³-hybridized carbons (Fsp3) is 0.469. The summed E-state index contributed by atoms with van der Waals surface area (Å²) < 4.78 is 0. The van der Waals surface area contributed by atoms with Crippen LogP contribution in [0.15, 0.2) is 43.0 Å². The number of hydrogen-bond acceptors (Lipinski definition) is 4. The highest BCUT2D eigenvalue weighted by Crippen LogP contribution is 2.41. The second-order valence-electron chi connectivity index (χ2n) is 12.0. The molecule has 41 heavy (non-hydrogen) atoms. The SMILES string of the molecule is C=C/C=C\c1c(C)[nH]c2c1C[C@H](C(=O)N(C)C)N(C(=O)CCl)[C@H]2c1ccc(C(=O)N(CCN(C)C)C(C)(C)C)cc1. The number of carbonyl (C=O) groups excluding carboxylic acids is 3. The Kier molecular flexibility index (Phi) is 10.3. The van der Waals surface area contributed by atoms with Crippen molar-refractivity contribution >= 4 is 35.4 Å². The van der Waals surface area contributed by atoms with Crippen LogP contribution in [-0.4, -0.2) is 101 Å². The molecule has 0 aliphatic carbocycles. The lowest BCUT2D eigenvalue weighted by Gasteiger charge is -2.42. The number of halogens is 1. The molecule has 9 heteroatoms. The first-order valence-corrected chi connectivity index (χ1v) is 14.4. The van der Waals surface area contributed by atoms with Crippen molar-refractivity contribution in [3.63, 3.8) is 0 Å². The quantitative estimate of drug-likeness (QED) is 0.349. The number of likely N-dealkylation sites (N-methyl/N-ethyl adjacent to an activating group) is 2. The fourth-order valence-corrected chi connectivity index (χ4v) is 5.53. The van der Waals surface area contributed by atoms with Crippen LogP contribution in [0.5, 0.6) is 0 Å². The summed E-state index contributed by atoms with van der Waals surface area (Å²) in [5.41, 5.74) is 4.72. The van der Waals surface area contributed by atoms with Gasteiger partial charge in [0, 0.05) is 56.1 Å². The average Bonchev–Trinajstić information content (AvgIpc) is 3.23. The van der Waals surface area contributed by atoms with Gasteiger partial charge in [-0.25, -0.2) is 0 Å². The zero-order valence-electron chi connectivity index (χ0n) is 25.6. The van der Waals surface area contributed by atoms with Crippen LogP contribution < -0.4 is 0 Å². The molecule has 0 unspecified atom stereocenters. The monoisotopic (exact) mass is 581 g/mol. The minimum atomic E-state index is -0.733. The molecular formula is C32H44ClN5O3. The van der Waals surface area contributed by atoms with Crippen LogP contribution in [0.1, 0.15) is 65.2 Å². The number of amides is 3. The molecule has 0 bridgehead atoms. The van der Waals surface area contributed by atoms with Gasteiger partial charge in [-0.05, 0) is 70.6 Å². The number of fused-ring (bicyclic) bond motifs is 1. The maximum absolute atomic E-state index is 13.6. The first kappa shape index (κ1) is 32.2. The summed E-state index contributed by atoms with van der Waals surface area (Å²) in [5.74, 6) is -0.822. The van der Waals surface area contributed by atoms with Gasteiger partial charge >= 0.3 is 0 Å². The number of carbonyl (C=O) groups is 3. The molecule has 0 saturated heterocycles. The van der Waals surface area contributed by atoms with E-state index in [2.05, 4.69) is 16.5 Å². The summed E-state index contributed by atoms with van der Waals surface area (Å²) in [6.45, 7) is 13.2. The zero-order valence-corrected chi connectivity index (χ0v) is 26.4. The topological polar surface area (TPSA) is 80.0 Å². The van der Waals surface area contributed by atoms with Crippen molar-refractivity contribution in [2.75, 3.05) is 47.2 Å². The van der Waals surface area contributed by atoms with Gasteiger partial charge in [0.25, 0.3) is 5.91 Å². The van der Waals surface area contributed by atoms with E-state index in [4.69, 9.17) is 11.6 Å². The smallest absolute Gasteiger partial charge is 0.254 e. The van der Waals surface area contributed by atoms with Crippen molar-refractivity contribution in [3.8, 4) is 0 Å². The standard InChI is InChI=1S/C32H44ClN5O3/c1-10-11-12-24-21(2)34-28-25(24)19-26(31(41)36(8)9)38(27(39)20-33)29(28)22-13-15-23(16-14-22)30(40)37(32(3,4)5)18-17-35(6)7/h10-16,26,29,34H,1,17-20H2,2-9H3/b12-11-/t26-,29+/m1/s1. The number of allylic oxidation sites excluding steroid dienone is 2. The van der Waals surface area contributed by atoms with Gasteiger partial charge in [0.2, 0.25) is 11.8 Å². The molecule has 0 saturated carbocycles. The average molecular weight is 582 g/mol. The van der Waals surface area contributed by atoms with E-state index in [-0.39, 0.29) is 29.1 Å². The van der Waals surface area contributed by atoms with Gasteiger partial charge in [-0.1, -0.05) is 36.9 Å². The van der Waals surface area contributed by atoms with E-state index >= 15 is 0 Å². The normalized spacial score (nSPS) is 17.1. The molecule has 222 valence electrons. The van der Waals surface area contributed by atoms with Gasteiger partial charge in [-0.2, -0.15) is 0 Å². The third-order valence-corrected chi connectivity index (χ3v) is 7.72. The van der Waals surface area contributed by atoms with E-state index in [9.17, 15) is 14.4 Å². The number of alkyl halides is 1. The van der Waals surface area contributed by atoms with Gasteiger partial charge in [-0.3, -0.25) is 14.4 Å². The maximum atomic E-state index is 13.6. The molecule has 3 rings (SSSR count). The summed E-state index contributed by atoms with van der Waals surface area (Å²) in [7, 11) is 7.35. The van der Waals surface area contributed by atoms with Gasteiger partial charge in [0.15, 0.2) is 0 Å². The molecule has 3 amide bonds. The molecule has 2 heterocycles. The van der Waals surface area contributed by atoms with Crippen LogP contribution in [-0.2, 0) is 16.0 Å². The first-order chi connectivity index (χ1) is 19.2. The van der Waals surface area contributed by atoms with E-state index < -0.39 is 12.1 Å². The number of benzene rings is 1. The summed E-state index contributed by atoms with van der Waals surface area (Å²) in [4.78, 5) is 51.0. The molecule has 1 aromatic heterocycles. The lowest BCUT2D eigenvalue weighted by atomic mass is 9.86. The van der Waals surface area contributed by atoms with Crippen LogP contribution in [0.25, 0.3) is 6.08 Å². The minimum Gasteiger partial charge on any atom is -0.360 e. The lowest BCUT2D eigenvalue weighted by molar-refractivity contribution is -0.145. The number of aryl methyl sites for hydroxylation is 1. The zero-order chi connectivity index (χ0) is 30.6. The molecule has 0 spiro atoms. The lowest BCUT2D eigenvalue weighted by Crippen LogP contribution is -2.55. The molecule has 2 atom stereocenters. The molecule has 1 aliphatic rings. The number of aromatic amines is 1. The van der Waals surface area contributed by atoms with Crippen LogP contribution in [0, 0.1) is 6.92 Å². The van der Waals surface area contributed by atoms with E-state index in [1.807, 2.05) is 71.0 Å². The molecule has 2 aromatic rings. The molecule has 1 N–H and O–H groups in total. The van der Waals surface area contributed by atoms with Crippen LogP contribution >= 0.6 is 11.6 Å². The van der Waals surface area contributed by atoms with Crippen molar-refractivity contribution in [1.29, 1.82) is 0 Å². The molecular weight excluding hydrogens is 538 g/mol. The van der Waals surface area contributed by atoms with Crippen molar-refractivity contribution in [2.45, 2.75) is 51.7 Å². The van der Waals surface area contributed by atoms with E-state index in [0.29, 0.717) is 18.5 Å². The highest BCUT2D eigenvalue weighted by molar-refractivity contribution is 6.27. The van der Waals surface area contributed by atoms with Crippen LogP contribution in [0.3, 0.4) is 0 Å². The van der Waals surface area contributed by atoms with Gasteiger partial charge in [-0.15, -0.1) is 11.6 Å². The first-order valence-electron chi connectivity index (χ1n) is 13.9. The Morgan fingerprint density at radius 1 is 1.10 bits per heavy atom. The van der Waals surface area contributed by atoms with Gasteiger partial charge in [0.05, 0.1) is 6.04 Å². The van der Waals surface area contributed by atoms with E-state index in [1.165, 1.54) is 4.90 Å². The Hall–Kier alpha value is -3.36. The summed E-state index contributed by atoms with van der Waals surface area (Å²) in [6, 6.07) is 6.05. The second kappa shape index (κ2) is 13.1. The second-order valence-corrected chi connectivity index (χ2v) is 12.3. The Labute approximate surface area is 249 Å². The number of aromatic nitrogens is 1. The minimum absolute atomic E-state index is 0.0582. The molecule has 1 aliphatic heterocycles. The summed E-state index contributed by atoms with van der Waals surface area (Å²) in [5, 5.41) is 0. The maximum Gasteiger partial charge on any atom is 0.254 e.